The van der Waals surface area contributed by atoms with Crippen LogP contribution < -0.4 is 10.1 Å². The van der Waals surface area contributed by atoms with Crippen LogP contribution in [0, 0.1) is 11.7 Å². The van der Waals surface area contributed by atoms with Crippen molar-refractivity contribution in [1.29, 1.82) is 0 Å². The number of ether oxygens (including phenoxy) is 1. The molecule has 1 aliphatic rings. The molecule has 2 aromatic rings. The van der Waals surface area contributed by atoms with Crippen LogP contribution in [0.3, 0.4) is 0 Å². The molecule has 128 valence electrons. The van der Waals surface area contributed by atoms with Crippen LogP contribution >= 0.6 is 0 Å². The molecule has 1 N–H and O–H groups in total. The highest BCUT2D eigenvalue weighted by Gasteiger charge is 2.24. The lowest BCUT2D eigenvalue weighted by molar-refractivity contribution is 0.175. The molecule has 2 amide bonds. The summed E-state index contributed by atoms with van der Waals surface area (Å²) in [6.07, 6.45) is 5.25. The highest BCUT2D eigenvalue weighted by molar-refractivity contribution is 5.91. The number of nitrogens with one attached hydrogen (secondary N) is 1. The molecule has 0 bridgehead atoms. The summed E-state index contributed by atoms with van der Waals surface area (Å²) in [6.45, 7) is 2.06. The summed E-state index contributed by atoms with van der Waals surface area (Å²) in [6, 6.07) is 4.14. The number of methoxy groups -OCH3 is 1. The lowest BCUT2D eigenvalue weighted by Gasteiger charge is -2.32. The van der Waals surface area contributed by atoms with Crippen molar-refractivity contribution in [2.45, 2.75) is 19.4 Å². The molecule has 3 rings (SSSR count). The number of piperidine rings is 1. The number of hydrogen-bond donors (Lipinski definition) is 1. The molecule has 0 spiro atoms. The van der Waals surface area contributed by atoms with Crippen LogP contribution in [-0.4, -0.2) is 46.1 Å². The minimum absolute atomic E-state index is 0.0785. The van der Waals surface area contributed by atoms with Gasteiger partial charge in [0.1, 0.15) is 11.4 Å². The Balaban J connectivity index is 1.56. The van der Waals surface area contributed by atoms with Gasteiger partial charge in [0.2, 0.25) is 0 Å². The highest BCUT2D eigenvalue weighted by atomic mass is 19.1. The Labute approximate surface area is 139 Å². The molecule has 8 heteroatoms. The molecule has 1 aromatic carbocycles. The third-order valence-corrected chi connectivity index (χ3v) is 4.25. The van der Waals surface area contributed by atoms with Gasteiger partial charge in [-0.1, -0.05) is 11.3 Å². The molecule has 0 saturated carbocycles. The van der Waals surface area contributed by atoms with Gasteiger partial charge in [-0.15, -0.1) is 5.10 Å². The van der Waals surface area contributed by atoms with E-state index in [4.69, 9.17) is 4.74 Å². The summed E-state index contributed by atoms with van der Waals surface area (Å²) in [5, 5.41) is 10.4. The lowest BCUT2D eigenvalue weighted by atomic mass is 9.97. The number of benzene rings is 1. The third-order valence-electron chi connectivity index (χ3n) is 4.25. The SMILES string of the molecule is COc1cccc(F)c1NC(=O)N1CCC(Cn2ccnn2)CC1. The van der Waals surface area contributed by atoms with Crippen LogP contribution in [0.2, 0.25) is 0 Å². The van der Waals surface area contributed by atoms with Crippen molar-refractivity contribution >= 4 is 11.7 Å². The lowest BCUT2D eigenvalue weighted by Crippen LogP contribution is -2.41. The Morgan fingerprint density at radius 1 is 1.42 bits per heavy atom. The molecule has 24 heavy (non-hydrogen) atoms. The van der Waals surface area contributed by atoms with E-state index < -0.39 is 5.82 Å². The largest absolute Gasteiger partial charge is 0.494 e. The van der Waals surface area contributed by atoms with E-state index in [1.807, 2.05) is 10.9 Å². The second kappa shape index (κ2) is 7.29. The minimum Gasteiger partial charge on any atom is -0.494 e. The summed E-state index contributed by atoms with van der Waals surface area (Å²) < 4.78 is 20.8. The van der Waals surface area contributed by atoms with Crippen LogP contribution in [0.5, 0.6) is 5.75 Å². The van der Waals surface area contributed by atoms with Crippen molar-refractivity contribution in [2.75, 3.05) is 25.5 Å². The monoisotopic (exact) mass is 333 g/mol. The van der Waals surface area contributed by atoms with Gasteiger partial charge in [-0.25, -0.2) is 9.18 Å². The Morgan fingerprint density at radius 2 is 2.21 bits per heavy atom. The second-order valence-electron chi connectivity index (χ2n) is 5.80. The Bertz CT molecular complexity index is 684. The minimum atomic E-state index is -0.510. The van der Waals surface area contributed by atoms with Gasteiger partial charge in [0, 0.05) is 25.8 Å². The number of urea groups is 1. The summed E-state index contributed by atoms with van der Waals surface area (Å²) in [4.78, 5) is 14.1. The number of rotatable bonds is 4. The molecule has 0 unspecified atom stereocenters. The van der Waals surface area contributed by atoms with E-state index in [1.54, 1.807) is 23.2 Å². The number of halogens is 1. The average Bonchev–Trinajstić information content (AvgIpc) is 3.10. The van der Waals surface area contributed by atoms with E-state index in [-0.39, 0.29) is 11.7 Å². The fraction of sp³-hybridized carbons (Fsp3) is 0.438. The Morgan fingerprint density at radius 3 is 2.88 bits per heavy atom. The van der Waals surface area contributed by atoms with Crippen LogP contribution in [-0.2, 0) is 6.54 Å². The van der Waals surface area contributed by atoms with E-state index in [2.05, 4.69) is 15.6 Å². The number of anilines is 1. The van der Waals surface area contributed by atoms with Crippen molar-refractivity contribution in [3.05, 3.63) is 36.4 Å². The van der Waals surface area contributed by atoms with E-state index in [0.717, 1.165) is 19.4 Å². The number of carbonyl (C=O) groups is 1. The smallest absolute Gasteiger partial charge is 0.322 e. The van der Waals surface area contributed by atoms with Gasteiger partial charge in [-0.3, -0.25) is 4.68 Å². The van der Waals surface area contributed by atoms with E-state index in [1.165, 1.54) is 13.2 Å². The van der Waals surface area contributed by atoms with E-state index in [9.17, 15) is 9.18 Å². The van der Waals surface area contributed by atoms with E-state index >= 15 is 0 Å². The van der Waals surface area contributed by atoms with Crippen LogP contribution in [0.15, 0.2) is 30.6 Å². The maximum absolute atomic E-state index is 13.9. The number of likely N-dealkylation sites (tertiary alicyclic amines) is 1. The number of hydrogen-bond acceptors (Lipinski definition) is 4. The van der Waals surface area contributed by atoms with Gasteiger partial charge in [-0.2, -0.15) is 0 Å². The molecule has 1 aliphatic heterocycles. The molecular formula is C16H20FN5O2. The van der Waals surface area contributed by atoms with Gasteiger partial charge in [0.15, 0.2) is 5.82 Å². The zero-order valence-electron chi connectivity index (χ0n) is 13.5. The highest BCUT2D eigenvalue weighted by Crippen LogP contribution is 2.28. The Hall–Kier alpha value is -2.64. The normalized spacial score (nSPS) is 15.3. The van der Waals surface area contributed by atoms with Gasteiger partial charge < -0.3 is 15.0 Å². The predicted molar refractivity (Wildman–Crippen MR) is 86.3 cm³/mol. The van der Waals surface area contributed by atoms with Crippen LogP contribution in [0.4, 0.5) is 14.9 Å². The molecule has 7 nitrogen and oxygen atoms in total. The fourth-order valence-corrected chi connectivity index (χ4v) is 2.90. The molecule has 0 aliphatic carbocycles. The summed E-state index contributed by atoms with van der Waals surface area (Å²) in [5.41, 5.74) is 0.0785. The first kappa shape index (κ1) is 16.2. The molecule has 1 aromatic heterocycles. The first-order valence-electron chi connectivity index (χ1n) is 7.90. The number of amides is 2. The van der Waals surface area contributed by atoms with Crippen molar-refractivity contribution in [3.8, 4) is 5.75 Å². The summed E-state index contributed by atoms with van der Waals surface area (Å²) in [7, 11) is 1.44. The number of nitrogens with zero attached hydrogens (tertiary/aromatic N) is 4. The van der Waals surface area contributed by atoms with Crippen molar-refractivity contribution in [2.24, 2.45) is 5.92 Å². The number of carbonyl (C=O) groups excluding carboxylic acids is 1. The van der Waals surface area contributed by atoms with Gasteiger partial charge in [0.25, 0.3) is 0 Å². The van der Waals surface area contributed by atoms with E-state index in [0.29, 0.717) is 24.8 Å². The molecule has 2 heterocycles. The second-order valence-corrected chi connectivity index (χ2v) is 5.80. The fourth-order valence-electron chi connectivity index (χ4n) is 2.90. The quantitative estimate of drug-likeness (QED) is 0.932. The number of aromatic nitrogens is 3. The predicted octanol–water partition coefficient (Wildman–Crippen LogP) is 2.37. The number of para-hydroxylation sites is 1. The first-order valence-corrected chi connectivity index (χ1v) is 7.90. The molecular weight excluding hydrogens is 313 g/mol. The molecule has 0 radical (unpaired) electrons. The van der Waals surface area contributed by atoms with Crippen molar-refractivity contribution in [3.63, 3.8) is 0 Å². The van der Waals surface area contributed by atoms with Gasteiger partial charge in [0.05, 0.1) is 13.3 Å². The topological polar surface area (TPSA) is 72.3 Å². The van der Waals surface area contributed by atoms with Crippen LogP contribution in [0.25, 0.3) is 0 Å². The molecule has 1 saturated heterocycles. The Kier molecular flexibility index (Phi) is 4.93. The standard InChI is InChI=1S/C16H20FN5O2/c1-24-14-4-2-3-13(17)15(14)19-16(23)21-8-5-12(6-9-21)11-22-10-7-18-20-22/h2-4,7,10,12H,5-6,8-9,11H2,1H3,(H,19,23). The maximum atomic E-state index is 13.9. The van der Waals surface area contributed by atoms with Crippen molar-refractivity contribution < 1.29 is 13.9 Å². The zero-order valence-corrected chi connectivity index (χ0v) is 13.5. The maximum Gasteiger partial charge on any atom is 0.322 e. The summed E-state index contributed by atoms with van der Waals surface area (Å²) >= 11 is 0. The average molecular weight is 333 g/mol. The zero-order chi connectivity index (χ0) is 16.9. The third kappa shape index (κ3) is 3.64. The van der Waals surface area contributed by atoms with Gasteiger partial charge >= 0.3 is 6.03 Å². The molecule has 1 fully saturated rings. The van der Waals surface area contributed by atoms with Gasteiger partial charge in [-0.05, 0) is 30.9 Å². The molecule has 0 atom stereocenters. The van der Waals surface area contributed by atoms with Crippen molar-refractivity contribution in [1.82, 2.24) is 19.9 Å². The first-order chi connectivity index (χ1) is 11.7. The summed E-state index contributed by atoms with van der Waals surface area (Å²) in [5.74, 6) is 0.256. The van der Waals surface area contributed by atoms with Crippen LogP contribution in [0.1, 0.15) is 12.8 Å².